The molecule has 5 nitrogen and oxygen atoms in total. The highest BCUT2D eigenvalue weighted by molar-refractivity contribution is 6.30. The van der Waals surface area contributed by atoms with Crippen molar-refractivity contribution in [2.75, 3.05) is 25.1 Å². The summed E-state index contributed by atoms with van der Waals surface area (Å²) in [6, 6.07) is 1.76. The summed E-state index contributed by atoms with van der Waals surface area (Å²) in [5.74, 6) is -0.228. The van der Waals surface area contributed by atoms with Crippen molar-refractivity contribution in [2.24, 2.45) is 0 Å². The Labute approximate surface area is 104 Å². The van der Waals surface area contributed by atoms with Gasteiger partial charge in [0.1, 0.15) is 5.15 Å². The third-order valence-electron chi connectivity index (χ3n) is 2.39. The van der Waals surface area contributed by atoms with E-state index in [9.17, 15) is 4.79 Å². The number of halogens is 1. The van der Waals surface area contributed by atoms with Crippen molar-refractivity contribution in [3.8, 4) is 0 Å². The summed E-state index contributed by atoms with van der Waals surface area (Å²) in [6.45, 7) is 3.08. The maximum absolute atomic E-state index is 11.8. The first-order valence-electron chi connectivity index (χ1n) is 5.29. The van der Waals surface area contributed by atoms with E-state index in [1.54, 1.807) is 6.07 Å². The first-order valence-corrected chi connectivity index (χ1v) is 5.67. The lowest BCUT2D eigenvalue weighted by atomic mass is 10.2. The number of nitrogens with zero attached hydrogens (tertiary/aromatic N) is 1. The van der Waals surface area contributed by atoms with Crippen LogP contribution in [0, 0.1) is 6.92 Å². The number of aryl methyl sites for hydroxylation is 1. The van der Waals surface area contributed by atoms with Gasteiger partial charge in [-0.2, -0.15) is 0 Å². The molecule has 2 heterocycles. The third-order valence-corrected chi connectivity index (χ3v) is 2.79. The highest BCUT2D eigenvalue weighted by Crippen LogP contribution is 2.16. The average molecular weight is 257 g/mol. The molecule has 1 aliphatic heterocycles. The second-order valence-corrected chi connectivity index (χ2v) is 4.11. The van der Waals surface area contributed by atoms with Crippen molar-refractivity contribution in [3.05, 3.63) is 23.0 Å². The first-order chi connectivity index (χ1) is 8.16. The second kappa shape index (κ2) is 5.44. The fourth-order valence-corrected chi connectivity index (χ4v) is 1.59. The Morgan fingerprint density at radius 2 is 2.41 bits per heavy atom. The number of hydrogen-bond donors (Lipinski definition) is 1. The minimum absolute atomic E-state index is 0.228. The van der Waals surface area contributed by atoms with Gasteiger partial charge in [-0.3, -0.25) is 4.79 Å². The van der Waals surface area contributed by atoms with Gasteiger partial charge in [-0.15, -0.1) is 0 Å². The molecule has 1 aromatic rings. The molecule has 1 aliphatic rings. The molecule has 92 valence electrons. The molecule has 1 atom stereocenters. The van der Waals surface area contributed by atoms with Gasteiger partial charge in [-0.25, -0.2) is 4.98 Å². The molecule has 0 aromatic carbocycles. The van der Waals surface area contributed by atoms with Gasteiger partial charge >= 0.3 is 0 Å². The summed E-state index contributed by atoms with van der Waals surface area (Å²) >= 11 is 5.80. The van der Waals surface area contributed by atoms with E-state index in [0.29, 0.717) is 24.1 Å². The molecular formula is C11H13ClN2O3. The van der Waals surface area contributed by atoms with Gasteiger partial charge in [0.15, 0.2) is 6.10 Å². The standard InChI is InChI=1S/C11H13ClN2O3/c1-7-4-8(5-13-10(7)12)14-11(15)9-6-16-2-3-17-9/h4-5,9H,2-3,6H2,1H3,(H,14,15). The number of rotatable bonds is 2. The van der Waals surface area contributed by atoms with Gasteiger partial charge < -0.3 is 14.8 Å². The lowest BCUT2D eigenvalue weighted by Gasteiger charge is -2.22. The van der Waals surface area contributed by atoms with Crippen molar-refractivity contribution in [3.63, 3.8) is 0 Å². The molecule has 0 radical (unpaired) electrons. The number of aromatic nitrogens is 1. The van der Waals surface area contributed by atoms with Gasteiger partial charge in [0.25, 0.3) is 5.91 Å². The Morgan fingerprint density at radius 1 is 1.59 bits per heavy atom. The van der Waals surface area contributed by atoms with Gasteiger partial charge in [0.05, 0.1) is 31.7 Å². The normalized spacial score (nSPS) is 20.0. The van der Waals surface area contributed by atoms with E-state index in [2.05, 4.69) is 10.3 Å². The van der Waals surface area contributed by atoms with Gasteiger partial charge in [-0.05, 0) is 18.6 Å². The van der Waals surface area contributed by atoms with Crippen LogP contribution in [-0.4, -0.2) is 36.8 Å². The average Bonchev–Trinajstić information content (AvgIpc) is 2.35. The van der Waals surface area contributed by atoms with Crippen LogP contribution >= 0.6 is 11.6 Å². The topological polar surface area (TPSA) is 60.5 Å². The Kier molecular flexibility index (Phi) is 3.93. The number of amides is 1. The molecule has 1 saturated heterocycles. The molecule has 0 spiro atoms. The van der Waals surface area contributed by atoms with Crippen LogP contribution in [0.2, 0.25) is 5.15 Å². The van der Waals surface area contributed by atoms with Crippen LogP contribution in [0.15, 0.2) is 12.3 Å². The fraction of sp³-hybridized carbons (Fsp3) is 0.455. The smallest absolute Gasteiger partial charge is 0.255 e. The molecular weight excluding hydrogens is 244 g/mol. The highest BCUT2D eigenvalue weighted by atomic mass is 35.5. The van der Waals surface area contributed by atoms with Crippen molar-refractivity contribution in [1.82, 2.24) is 4.98 Å². The lowest BCUT2D eigenvalue weighted by molar-refractivity contribution is -0.142. The van der Waals surface area contributed by atoms with E-state index >= 15 is 0 Å². The Morgan fingerprint density at radius 3 is 3.06 bits per heavy atom. The summed E-state index contributed by atoms with van der Waals surface area (Å²) in [6.07, 6.45) is 0.955. The zero-order valence-corrected chi connectivity index (χ0v) is 10.2. The number of hydrogen-bond acceptors (Lipinski definition) is 4. The van der Waals surface area contributed by atoms with Gasteiger partial charge in [-0.1, -0.05) is 11.6 Å². The zero-order chi connectivity index (χ0) is 12.3. The predicted molar refractivity (Wildman–Crippen MR) is 63.2 cm³/mol. The Balaban J connectivity index is 1.99. The van der Waals surface area contributed by atoms with Crippen molar-refractivity contribution in [1.29, 1.82) is 0 Å². The minimum atomic E-state index is -0.556. The summed E-state index contributed by atoms with van der Waals surface area (Å²) in [5, 5.41) is 3.15. The number of anilines is 1. The molecule has 0 aliphatic carbocycles. The van der Waals surface area contributed by atoms with Crippen LogP contribution in [0.3, 0.4) is 0 Å². The summed E-state index contributed by atoms with van der Waals surface area (Å²) in [7, 11) is 0. The zero-order valence-electron chi connectivity index (χ0n) is 9.40. The Hall–Kier alpha value is -1.17. The number of nitrogens with one attached hydrogen (secondary N) is 1. The lowest BCUT2D eigenvalue weighted by Crippen LogP contribution is -2.39. The van der Waals surface area contributed by atoms with E-state index in [1.165, 1.54) is 6.20 Å². The number of pyridine rings is 1. The second-order valence-electron chi connectivity index (χ2n) is 3.76. The molecule has 1 N–H and O–H groups in total. The molecule has 2 rings (SSSR count). The van der Waals surface area contributed by atoms with E-state index < -0.39 is 6.10 Å². The molecule has 17 heavy (non-hydrogen) atoms. The SMILES string of the molecule is Cc1cc(NC(=O)C2COCCO2)cnc1Cl. The van der Waals surface area contributed by atoms with Crippen LogP contribution < -0.4 is 5.32 Å². The summed E-state index contributed by atoms with van der Waals surface area (Å²) < 4.78 is 10.4. The van der Waals surface area contributed by atoms with E-state index in [1.807, 2.05) is 6.92 Å². The largest absolute Gasteiger partial charge is 0.376 e. The van der Waals surface area contributed by atoms with Crippen LogP contribution in [0.4, 0.5) is 5.69 Å². The van der Waals surface area contributed by atoms with Crippen molar-refractivity contribution < 1.29 is 14.3 Å². The first kappa shape index (κ1) is 12.3. The van der Waals surface area contributed by atoms with E-state index in [-0.39, 0.29) is 12.5 Å². The van der Waals surface area contributed by atoms with Crippen LogP contribution in [0.25, 0.3) is 0 Å². The highest BCUT2D eigenvalue weighted by Gasteiger charge is 2.22. The van der Waals surface area contributed by atoms with E-state index in [4.69, 9.17) is 21.1 Å². The fourth-order valence-electron chi connectivity index (χ4n) is 1.49. The molecule has 1 fully saturated rings. The molecule has 1 amide bonds. The molecule has 1 unspecified atom stereocenters. The van der Waals surface area contributed by atoms with Crippen LogP contribution in [0.5, 0.6) is 0 Å². The maximum atomic E-state index is 11.8. The van der Waals surface area contributed by atoms with Crippen molar-refractivity contribution >= 4 is 23.2 Å². The van der Waals surface area contributed by atoms with Crippen molar-refractivity contribution in [2.45, 2.75) is 13.0 Å². The molecule has 0 bridgehead atoms. The van der Waals surface area contributed by atoms with Gasteiger partial charge in [0, 0.05) is 0 Å². The number of carbonyl (C=O) groups excluding carboxylic acids is 1. The van der Waals surface area contributed by atoms with E-state index in [0.717, 1.165) is 5.56 Å². The number of ether oxygens (including phenoxy) is 2. The van der Waals surface area contributed by atoms with Gasteiger partial charge in [0.2, 0.25) is 0 Å². The summed E-state index contributed by atoms with van der Waals surface area (Å²) in [4.78, 5) is 15.7. The summed E-state index contributed by atoms with van der Waals surface area (Å²) in [5.41, 5.74) is 1.41. The quantitative estimate of drug-likeness (QED) is 0.813. The molecule has 0 saturated carbocycles. The van der Waals surface area contributed by atoms with Crippen LogP contribution in [0.1, 0.15) is 5.56 Å². The van der Waals surface area contributed by atoms with Crippen LogP contribution in [-0.2, 0) is 14.3 Å². The molecule has 1 aromatic heterocycles. The number of carbonyl (C=O) groups is 1. The third kappa shape index (κ3) is 3.15. The maximum Gasteiger partial charge on any atom is 0.255 e. The molecule has 6 heteroatoms. The predicted octanol–water partition coefficient (Wildman–Crippen LogP) is 1.40. The monoisotopic (exact) mass is 256 g/mol. The minimum Gasteiger partial charge on any atom is -0.376 e. The Bertz CT molecular complexity index is 419.